The molecule has 0 aliphatic carbocycles. The Balaban J connectivity index is 3.54. The Morgan fingerprint density at radius 3 is 2.25 bits per heavy atom. The van der Waals surface area contributed by atoms with Crippen LogP contribution in [0.1, 0.15) is 5.56 Å². The smallest absolute Gasteiger partial charge is 0.163 e. The lowest BCUT2D eigenvalue weighted by atomic mass is 10.1. The first-order valence-corrected chi connectivity index (χ1v) is 6.25. The number of halogens is 3. The van der Waals surface area contributed by atoms with Gasteiger partial charge >= 0.3 is 0 Å². The Bertz CT molecular complexity index is 757. The predicted octanol–water partition coefficient (Wildman–Crippen LogP) is 3.19. The van der Waals surface area contributed by atoms with E-state index in [1.807, 2.05) is 0 Å². The molecule has 96 valence electrons. The van der Waals surface area contributed by atoms with Gasteiger partial charge in [-0.3, -0.25) is 0 Å². The monoisotopic (exact) mass is 397 g/mol. The topological polar surface area (TPSA) is 107 Å². The minimum absolute atomic E-state index is 0.0189. The third-order valence-corrected chi connectivity index (χ3v) is 3.24. The third-order valence-electron chi connectivity index (χ3n) is 2.12. The quantitative estimate of drug-likeness (QED) is 0.468. The molecule has 0 saturated carbocycles. The number of nitriles is 4. The second-order valence-corrected chi connectivity index (χ2v) is 4.80. The normalized spacial score (nSPS) is 8.55. The summed E-state index contributed by atoms with van der Waals surface area (Å²) in [6.45, 7) is 0. The van der Waals surface area contributed by atoms with Crippen molar-refractivity contribution in [2.45, 2.75) is 0 Å². The summed E-state index contributed by atoms with van der Waals surface area (Å²) in [5.74, 6) is -0.940. The van der Waals surface area contributed by atoms with Crippen molar-refractivity contribution in [1.29, 1.82) is 21.0 Å². The molecule has 0 saturated heterocycles. The Hall–Kier alpha value is -2.33. The number of hydrogen-bond donors (Lipinski definition) is 1. The summed E-state index contributed by atoms with van der Waals surface area (Å²) in [7, 11) is 0. The molecular formula is C12H2ClFIN5. The van der Waals surface area contributed by atoms with Crippen LogP contribution in [0.15, 0.2) is 17.3 Å². The van der Waals surface area contributed by atoms with Gasteiger partial charge in [0.1, 0.15) is 35.5 Å². The van der Waals surface area contributed by atoms with Crippen LogP contribution >= 0.6 is 34.2 Å². The lowest BCUT2D eigenvalue weighted by molar-refractivity contribution is 0.624. The van der Waals surface area contributed by atoms with Gasteiger partial charge < -0.3 is 5.32 Å². The third kappa shape index (κ3) is 2.97. The molecule has 0 aromatic heterocycles. The van der Waals surface area contributed by atoms with E-state index in [1.54, 1.807) is 34.7 Å². The SMILES string of the molecule is N#CC(C#N)=C(C#N)Nc1c(I)cc(Cl)c(F)c1C#N. The number of nitrogens with one attached hydrogen (secondary N) is 1. The largest absolute Gasteiger partial charge is 0.343 e. The molecule has 0 unspecified atom stereocenters. The van der Waals surface area contributed by atoms with E-state index in [9.17, 15) is 4.39 Å². The average molecular weight is 398 g/mol. The van der Waals surface area contributed by atoms with Crippen molar-refractivity contribution < 1.29 is 4.39 Å². The van der Waals surface area contributed by atoms with Gasteiger partial charge in [-0.15, -0.1) is 0 Å². The highest BCUT2D eigenvalue weighted by molar-refractivity contribution is 14.1. The highest BCUT2D eigenvalue weighted by Crippen LogP contribution is 2.31. The number of benzene rings is 1. The van der Waals surface area contributed by atoms with E-state index in [1.165, 1.54) is 18.2 Å². The first kappa shape index (κ1) is 15.7. The minimum atomic E-state index is -0.940. The standard InChI is InChI=1S/C12H2ClFIN5/c13-8-1-9(15)12(7(4-18)11(8)14)20-10(5-19)6(2-16)3-17/h1,20H. The lowest BCUT2D eigenvalue weighted by Gasteiger charge is -2.11. The molecule has 0 radical (unpaired) electrons. The van der Waals surface area contributed by atoms with E-state index in [2.05, 4.69) is 5.32 Å². The number of nitrogens with zero attached hydrogens (tertiary/aromatic N) is 4. The molecule has 20 heavy (non-hydrogen) atoms. The fourth-order valence-corrected chi connectivity index (χ4v) is 2.33. The highest BCUT2D eigenvalue weighted by Gasteiger charge is 2.18. The van der Waals surface area contributed by atoms with Crippen molar-refractivity contribution in [2.24, 2.45) is 0 Å². The van der Waals surface area contributed by atoms with Crippen molar-refractivity contribution in [3.05, 3.63) is 37.3 Å². The molecule has 0 aliphatic rings. The van der Waals surface area contributed by atoms with Crippen molar-refractivity contribution in [2.75, 3.05) is 5.32 Å². The van der Waals surface area contributed by atoms with Crippen molar-refractivity contribution in [1.82, 2.24) is 0 Å². The molecule has 0 fully saturated rings. The zero-order valence-electron chi connectivity index (χ0n) is 9.50. The van der Waals surface area contributed by atoms with Crippen LogP contribution in [0, 0.1) is 54.7 Å². The summed E-state index contributed by atoms with van der Waals surface area (Å²) in [5.41, 5.74) is -1.26. The van der Waals surface area contributed by atoms with Gasteiger partial charge in [-0.2, -0.15) is 21.0 Å². The predicted molar refractivity (Wildman–Crippen MR) is 76.3 cm³/mol. The van der Waals surface area contributed by atoms with Crippen LogP contribution in [0.2, 0.25) is 5.02 Å². The second-order valence-electron chi connectivity index (χ2n) is 3.23. The molecule has 0 spiro atoms. The molecule has 8 heteroatoms. The number of allylic oxidation sites excluding steroid dienone is 2. The molecule has 1 aromatic carbocycles. The zero-order valence-corrected chi connectivity index (χ0v) is 12.4. The first-order valence-electron chi connectivity index (χ1n) is 4.79. The van der Waals surface area contributed by atoms with E-state index in [0.717, 1.165) is 0 Å². The Kier molecular flexibility index (Phi) is 5.29. The van der Waals surface area contributed by atoms with E-state index < -0.39 is 17.0 Å². The van der Waals surface area contributed by atoms with E-state index in [-0.39, 0.29) is 16.4 Å². The molecule has 1 N–H and O–H groups in total. The summed E-state index contributed by atoms with van der Waals surface area (Å²) >= 11 is 7.40. The van der Waals surface area contributed by atoms with Gasteiger partial charge in [-0.25, -0.2) is 4.39 Å². The van der Waals surface area contributed by atoms with Gasteiger partial charge in [0.15, 0.2) is 11.4 Å². The van der Waals surface area contributed by atoms with Crippen LogP contribution in [0.4, 0.5) is 10.1 Å². The molecule has 1 rings (SSSR count). The van der Waals surface area contributed by atoms with Crippen LogP contribution in [0.5, 0.6) is 0 Å². The van der Waals surface area contributed by atoms with Gasteiger partial charge in [-0.05, 0) is 28.7 Å². The Labute approximate surface area is 132 Å². The molecule has 0 amide bonds. The van der Waals surface area contributed by atoms with Crippen LogP contribution in [0.25, 0.3) is 0 Å². The van der Waals surface area contributed by atoms with Crippen molar-refractivity contribution in [3.63, 3.8) is 0 Å². The van der Waals surface area contributed by atoms with Gasteiger partial charge in [0.2, 0.25) is 0 Å². The maximum atomic E-state index is 13.7. The molecule has 0 bridgehead atoms. The molecular weight excluding hydrogens is 396 g/mol. The maximum Gasteiger partial charge on any atom is 0.163 e. The fraction of sp³-hybridized carbons (Fsp3) is 0. The van der Waals surface area contributed by atoms with Crippen molar-refractivity contribution >= 4 is 39.9 Å². The molecule has 0 heterocycles. The van der Waals surface area contributed by atoms with Gasteiger partial charge in [0, 0.05) is 3.57 Å². The molecule has 5 nitrogen and oxygen atoms in total. The van der Waals surface area contributed by atoms with Crippen LogP contribution < -0.4 is 5.32 Å². The Morgan fingerprint density at radius 2 is 1.80 bits per heavy atom. The summed E-state index contributed by atoms with van der Waals surface area (Å²) in [4.78, 5) is 0. The minimum Gasteiger partial charge on any atom is -0.343 e. The van der Waals surface area contributed by atoms with E-state index in [4.69, 9.17) is 32.6 Å². The Morgan fingerprint density at radius 1 is 1.20 bits per heavy atom. The zero-order chi connectivity index (χ0) is 15.3. The van der Waals surface area contributed by atoms with Gasteiger partial charge in [0.05, 0.1) is 10.7 Å². The molecule has 0 atom stereocenters. The van der Waals surface area contributed by atoms with Crippen LogP contribution in [-0.4, -0.2) is 0 Å². The second kappa shape index (κ2) is 6.73. The average Bonchev–Trinajstić information content (AvgIpc) is 2.44. The van der Waals surface area contributed by atoms with Gasteiger partial charge in [0.25, 0.3) is 0 Å². The first-order chi connectivity index (χ1) is 9.49. The van der Waals surface area contributed by atoms with Crippen molar-refractivity contribution in [3.8, 4) is 24.3 Å². The number of rotatable bonds is 2. The van der Waals surface area contributed by atoms with Crippen LogP contribution in [0.3, 0.4) is 0 Å². The number of hydrogen-bond acceptors (Lipinski definition) is 5. The summed E-state index contributed by atoms with van der Waals surface area (Å²) in [6.07, 6.45) is 0. The lowest BCUT2D eigenvalue weighted by Crippen LogP contribution is -2.06. The maximum absolute atomic E-state index is 13.7. The van der Waals surface area contributed by atoms with E-state index >= 15 is 0 Å². The van der Waals surface area contributed by atoms with Gasteiger partial charge in [-0.1, -0.05) is 11.6 Å². The highest BCUT2D eigenvalue weighted by atomic mass is 127. The van der Waals surface area contributed by atoms with E-state index in [0.29, 0.717) is 3.57 Å². The number of anilines is 1. The molecule has 0 aliphatic heterocycles. The van der Waals surface area contributed by atoms with Crippen LogP contribution in [-0.2, 0) is 0 Å². The summed E-state index contributed by atoms with van der Waals surface area (Å²) in [5, 5.41) is 37.5. The summed E-state index contributed by atoms with van der Waals surface area (Å²) < 4.78 is 14.1. The molecule has 1 aromatic rings. The fourth-order valence-electron chi connectivity index (χ4n) is 1.23. The summed E-state index contributed by atoms with van der Waals surface area (Å²) in [6, 6.07) is 7.57.